The van der Waals surface area contributed by atoms with E-state index in [-0.39, 0.29) is 17.2 Å². The smallest absolute Gasteiger partial charge is 0.420 e. The van der Waals surface area contributed by atoms with Crippen molar-refractivity contribution >= 4 is 29.4 Å². The molecule has 9 heteroatoms. The lowest BCUT2D eigenvalue weighted by molar-refractivity contribution is -0.190. The van der Waals surface area contributed by atoms with Crippen LogP contribution in [0.25, 0.3) is 0 Å². The Morgan fingerprint density at radius 2 is 1.83 bits per heavy atom. The summed E-state index contributed by atoms with van der Waals surface area (Å²) in [5.74, 6) is -1.13. The van der Waals surface area contributed by atoms with E-state index >= 15 is 0 Å². The number of fused-ring (bicyclic) bond motifs is 3. The van der Waals surface area contributed by atoms with Crippen LogP contribution in [0.4, 0.5) is 23.7 Å². The standard InChI is InChI=1S/C21H17F3N2O3S/c1-3-29-18(27)16-17-26(14-6-4-5-7-15(14)30-17)19(28)25-20(16,21(22,23)24)13-10-8-12(2)9-11-13/h4-11H,3H2,1-2H3,(H,25,28)/t20-/m0/s1. The number of ether oxygens (including phenoxy) is 1. The Bertz CT molecular complexity index is 1070. The van der Waals surface area contributed by atoms with Crippen LogP contribution < -0.4 is 10.2 Å². The summed E-state index contributed by atoms with van der Waals surface area (Å²) < 4.78 is 49.2. The van der Waals surface area contributed by atoms with Crippen molar-refractivity contribution in [3.8, 4) is 0 Å². The highest BCUT2D eigenvalue weighted by molar-refractivity contribution is 8.03. The number of thioether (sulfide) groups is 1. The highest BCUT2D eigenvalue weighted by atomic mass is 32.2. The normalized spacial score (nSPS) is 20.6. The number of anilines is 1. The number of para-hydroxylation sites is 1. The molecule has 1 atom stereocenters. The van der Waals surface area contributed by atoms with Gasteiger partial charge in [-0.25, -0.2) is 9.59 Å². The largest absolute Gasteiger partial charge is 0.462 e. The lowest BCUT2D eigenvalue weighted by atomic mass is 9.80. The second-order valence-electron chi connectivity index (χ2n) is 6.85. The van der Waals surface area contributed by atoms with E-state index in [1.165, 1.54) is 31.2 Å². The molecule has 2 aliphatic heterocycles. The summed E-state index contributed by atoms with van der Waals surface area (Å²) in [7, 11) is 0. The second kappa shape index (κ2) is 7.09. The number of halogens is 3. The zero-order chi connectivity index (χ0) is 21.7. The zero-order valence-corrected chi connectivity index (χ0v) is 16.9. The maximum atomic E-state index is 14.7. The van der Waals surface area contributed by atoms with Crippen LogP contribution in [0, 0.1) is 6.92 Å². The van der Waals surface area contributed by atoms with Crippen molar-refractivity contribution in [3.63, 3.8) is 0 Å². The van der Waals surface area contributed by atoms with Crippen LogP contribution >= 0.6 is 11.8 Å². The number of alkyl halides is 3. The Hall–Kier alpha value is -2.94. The van der Waals surface area contributed by atoms with Crippen LogP contribution in [0.3, 0.4) is 0 Å². The lowest BCUT2D eigenvalue weighted by Gasteiger charge is -2.43. The van der Waals surface area contributed by atoms with Gasteiger partial charge in [-0.15, -0.1) is 0 Å². The molecule has 0 bridgehead atoms. The molecule has 30 heavy (non-hydrogen) atoms. The highest BCUT2D eigenvalue weighted by Crippen LogP contribution is 2.56. The highest BCUT2D eigenvalue weighted by Gasteiger charge is 2.66. The van der Waals surface area contributed by atoms with Crippen molar-refractivity contribution in [2.24, 2.45) is 0 Å². The summed E-state index contributed by atoms with van der Waals surface area (Å²) in [5.41, 5.74) is -2.79. The van der Waals surface area contributed by atoms with Gasteiger partial charge in [0.2, 0.25) is 0 Å². The average Bonchev–Trinajstić information content (AvgIpc) is 3.07. The molecular weight excluding hydrogens is 417 g/mol. The first-order valence-corrected chi connectivity index (χ1v) is 9.97. The van der Waals surface area contributed by atoms with Gasteiger partial charge in [-0.05, 0) is 31.5 Å². The van der Waals surface area contributed by atoms with Crippen molar-refractivity contribution in [2.75, 3.05) is 11.5 Å². The zero-order valence-electron chi connectivity index (χ0n) is 16.0. The molecule has 5 nitrogen and oxygen atoms in total. The van der Waals surface area contributed by atoms with Crippen LogP contribution in [0.2, 0.25) is 0 Å². The van der Waals surface area contributed by atoms with Gasteiger partial charge in [-0.2, -0.15) is 13.2 Å². The van der Waals surface area contributed by atoms with Gasteiger partial charge in [0.05, 0.1) is 12.3 Å². The van der Waals surface area contributed by atoms with Crippen LogP contribution in [-0.2, 0) is 15.1 Å². The van der Waals surface area contributed by atoms with Crippen LogP contribution in [0.1, 0.15) is 18.1 Å². The fraction of sp³-hybridized carbons (Fsp3) is 0.238. The Morgan fingerprint density at radius 1 is 1.17 bits per heavy atom. The molecule has 0 saturated carbocycles. The minimum atomic E-state index is -5.01. The van der Waals surface area contributed by atoms with Gasteiger partial charge in [-0.1, -0.05) is 53.7 Å². The number of rotatable bonds is 3. The lowest BCUT2D eigenvalue weighted by Crippen LogP contribution is -2.64. The number of aryl methyl sites for hydroxylation is 1. The van der Waals surface area contributed by atoms with E-state index in [4.69, 9.17) is 4.74 Å². The summed E-state index contributed by atoms with van der Waals surface area (Å²) in [5, 5.41) is 2.00. The topological polar surface area (TPSA) is 58.6 Å². The molecule has 2 aliphatic rings. The SMILES string of the molecule is CCOC(=O)C1=C2Sc3ccccc3N2C(=O)N[C@]1(c1ccc(C)cc1)C(F)(F)F. The molecule has 1 N–H and O–H groups in total. The summed E-state index contributed by atoms with van der Waals surface area (Å²) >= 11 is 0.946. The molecule has 2 aromatic rings. The van der Waals surface area contributed by atoms with Gasteiger partial charge in [0.1, 0.15) is 10.6 Å². The maximum Gasteiger partial charge on any atom is 0.420 e. The molecule has 2 aromatic carbocycles. The van der Waals surface area contributed by atoms with Gasteiger partial charge in [0.15, 0.2) is 5.54 Å². The predicted molar refractivity (Wildman–Crippen MR) is 106 cm³/mol. The molecule has 0 spiro atoms. The number of nitrogens with one attached hydrogen (secondary N) is 1. The van der Waals surface area contributed by atoms with Crippen molar-refractivity contribution < 1.29 is 27.5 Å². The molecule has 156 valence electrons. The van der Waals surface area contributed by atoms with Crippen LogP contribution in [-0.4, -0.2) is 24.8 Å². The monoisotopic (exact) mass is 434 g/mol. The first kappa shape index (κ1) is 20.3. The quantitative estimate of drug-likeness (QED) is 0.701. The molecule has 4 rings (SSSR count). The second-order valence-corrected chi connectivity index (χ2v) is 7.88. The number of esters is 1. The summed E-state index contributed by atoms with van der Waals surface area (Å²) in [6.45, 7) is 3.14. The molecule has 2 amide bonds. The van der Waals surface area contributed by atoms with Gasteiger partial charge in [0.25, 0.3) is 0 Å². The predicted octanol–water partition coefficient (Wildman–Crippen LogP) is 4.86. The third kappa shape index (κ3) is 2.87. The third-order valence-corrected chi connectivity index (χ3v) is 6.14. The third-order valence-electron chi connectivity index (χ3n) is 4.99. The number of nitrogens with zero attached hydrogens (tertiary/aromatic N) is 1. The van der Waals surface area contributed by atoms with Gasteiger partial charge in [0, 0.05) is 4.90 Å². The van der Waals surface area contributed by atoms with Crippen LogP contribution in [0.5, 0.6) is 0 Å². The number of hydrogen-bond donors (Lipinski definition) is 1. The van der Waals surface area contributed by atoms with Crippen LogP contribution in [0.15, 0.2) is 64.0 Å². The first-order chi connectivity index (χ1) is 14.2. The molecule has 0 saturated heterocycles. The number of urea groups is 1. The van der Waals surface area contributed by atoms with E-state index in [1.54, 1.807) is 31.2 Å². The molecule has 2 heterocycles. The molecule has 0 aliphatic carbocycles. The van der Waals surface area contributed by atoms with Gasteiger partial charge >= 0.3 is 18.2 Å². The number of benzene rings is 2. The van der Waals surface area contributed by atoms with E-state index in [9.17, 15) is 22.8 Å². The molecule has 0 unspecified atom stereocenters. The van der Waals surface area contributed by atoms with Crippen molar-refractivity contribution in [1.82, 2.24) is 5.32 Å². The van der Waals surface area contributed by atoms with E-state index in [1.807, 2.05) is 0 Å². The fourth-order valence-corrected chi connectivity index (χ4v) is 4.86. The maximum absolute atomic E-state index is 14.7. The van der Waals surface area contributed by atoms with E-state index in [2.05, 4.69) is 5.32 Å². The Balaban J connectivity index is 2.05. The molecular formula is C21H17F3N2O3S. The number of carbonyl (C=O) groups is 2. The van der Waals surface area contributed by atoms with Gasteiger partial charge in [-0.3, -0.25) is 4.90 Å². The van der Waals surface area contributed by atoms with Crippen molar-refractivity contribution in [2.45, 2.75) is 30.5 Å². The Morgan fingerprint density at radius 3 is 2.47 bits per heavy atom. The Labute approximate surface area is 174 Å². The fourth-order valence-electron chi connectivity index (χ4n) is 3.63. The van der Waals surface area contributed by atoms with Gasteiger partial charge < -0.3 is 10.1 Å². The summed E-state index contributed by atoms with van der Waals surface area (Å²) in [6.07, 6.45) is -5.01. The van der Waals surface area contributed by atoms with Crippen molar-refractivity contribution in [3.05, 3.63) is 70.3 Å². The minimum absolute atomic E-state index is 0.101. The number of amides is 2. The first-order valence-electron chi connectivity index (χ1n) is 9.15. The molecule has 0 fully saturated rings. The number of carbonyl (C=O) groups excluding carboxylic acids is 2. The van der Waals surface area contributed by atoms with E-state index in [0.29, 0.717) is 10.6 Å². The molecule has 0 aromatic heterocycles. The Kier molecular flexibility index (Phi) is 4.80. The van der Waals surface area contributed by atoms with Crippen molar-refractivity contribution in [1.29, 1.82) is 0 Å². The summed E-state index contributed by atoms with van der Waals surface area (Å²) in [4.78, 5) is 27.6. The summed E-state index contributed by atoms with van der Waals surface area (Å²) in [6, 6.07) is 11.3. The molecule has 0 radical (unpaired) electrons. The van der Waals surface area contributed by atoms with E-state index < -0.39 is 29.3 Å². The minimum Gasteiger partial charge on any atom is -0.462 e. The van der Waals surface area contributed by atoms with E-state index in [0.717, 1.165) is 22.2 Å². The number of hydrogen-bond acceptors (Lipinski definition) is 4. The average molecular weight is 434 g/mol.